The van der Waals surface area contributed by atoms with Crippen LogP contribution in [0.15, 0.2) is 36.5 Å². The van der Waals surface area contributed by atoms with Crippen molar-refractivity contribution in [1.29, 1.82) is 0 Å². The van der Waals surface area contributed by atoms with Crippen molar-refractivity contribution in [2.75, 3.05) is 30.9 Å². The van der Waals surface area contributed by atoms with Crippen molar-refractivity contribution in [3.8, 4) is 0 Å². The minimum absolute atomic E-state index is 0.0405. The largest absolute Gasteiger partial charge is 0.418 e. The Kier molecular flexibility index (Phi) is 6.29. The highest BCUT2D eigenvalue weighted by Gasteiger charge is 2.33. The second-order valence-corrected chi connectivity index (χ2v) is 5.04. The molecule has 0 aliphatic heterocycles. The van der Waals surface area contributed by atoms with E-state index in [4.69, 9.17) is 4.74 Å². The minimum Gasteiger partial charge on any atom is -0.385 e. The number of alkyl halides is 3. The first-order chi connectivity index (χ1) is 11.9. The van der Waals surface area contributed by atoms with E-state index in [9.17, 15) is 18.0 Å². The predicted octanol–water partition coefficient (Wildman–Crippen LogP) is 3.20. The first-order valence-corrected chi connectivity index (χ1v) is 7.45. The van der Waals surface area contributed by atoms with Gasteiger partial charge in [-0.3, -0.25) is 4.79 Å². The zero-order valence-electron chi connectivity index (χ0n) is 13.4. The molecule has 6 nitrogen and oxygen atoms in total. The van der Waals surface area contributed by atoms with Gasteiger partial charge in [-0.2, -0.15) is 13.2 Å². The van der Waals surface area contributed by atoms with Crippen LogP contribution >= 0.6 is 0 Å². The lowest BCUT2D eigenvalue weighted by Crippen LogP contribution is -2.18. The summed E-state index contributed by atoms with van der Waals surface area (Å²) in [6.45, 7) is 1.09. The van der Waals surface area contributed by atoms with Gasteiger partial charge in [0.2, 0.25) is 5.95 Å². The minimum atomic E-state index is -4.57. The number of carbonyl (C=O) groups is 1. The molecule has 0 saturated heterocycles. The van der Waals surface area contributed by atoms with Gasteiger partial charge in [0.25, 0.3) is 5.91 Å². The molecule has 9 heteroatoms. The number of methoxy groups -OCH3 is 1. The standard InChI is InChI=1S/C16H17F3N4O2/c1-25-10-4-8-20-15-21-9-7-13(23-15)14(24)22-12-6-3-2-5-11(12)16(17,18)19/h2-3,5-7,9H,4,8,10H2,1H3,(H,22,24)(H,20,21,23). The molecule has 134 valence electrons. The summed E-state index contributed by atoms with van der Waals surface area (Å²) < 4.78 is 43.8. The number of nitrogens with one attached hydrogen (secondary N) is 2. The average molecular weight is 354 g/mol. The van der Waals surface area contributed by atoms with Crippen molar-refractivity contribution < 1.29 is 22.7 Å². The van der Waals surface area contributed by atoms with Crippen LogP contribution in [-0.2, 0) is 10.9 Å². The predicted molar refractivity (Wildman–Crippen MR) is 86.4 cm³/mol. The van der Waals surface area contributed by atoms with Crippen LogP contribution in [-0.4, -0.2) is 36.1 Å². The molecular weight excluding hydrogens is 337 g/mol. The van der Waals surface area contributed by atoms with E-state index in [1.54, 1.807) is 7.11 Å². The molecule has 0 radical (unpaired) electrons. The Morgan fingerprint density at radius 1 is 1.24 bits per heavy atom. The lowest BCUT2D eigenvalue weighted by Gasteiger charge is -2.13. The van der Waals surface area contributed by atoms with Gasteiger partial charge in [0.15, 0.2) is 0 Å². The highest BCUT2D eigenvalue weighted by atomic mass is 19.4. The summed E-state index contributed by atoms with van der Waals surface area (Å²) in [7, 11) is 1.58. The number of rotatable bonds is 7. The number of hydrogen-bond donors (Lipinski definition) is 2. The SMILES string of the molecule is COCCCNc1nccc(C(=O)Nc2ccccc2C(F)(F)F)n1. The van der Waals surface area contributed by atoms with E-state index >= 15 is 0 Å². The molecule has 1 aromatic carbocycles. The van der Waals surface area contributed by atoms with Gasteiger partial charge in [-0.1, -0.05) is 12.1 Å². The van der Waals surface area contributed by atoms with Gasteiger partial charge in [0.05, 0.1) is 11.3 Å². The molecular formula is C16H17F3N4O2. The number of halogens is 3. The number of amides is 1. The molecule has 2 N–H and O–H groups in total. The summed E-state index contributed by atoms with van der Waals surface area (Å²) in [5, 5.41) is 5.15. The van der Waals surface area contributed by atoms with Crippen molar-refractivity contribution >= 4 is 17.5 Å². The van der Waals surface area contributed by atoms with E-state index in [-0.39, 0.29) is 17.3 Å². The lowest BCUT2D eigenvalue weighted by atomic mass is 10.1. The van der Waals surface area contributed by atoms with Crippen LogP contribution in [0.5, 0.6) is 0 Å². The number of hydrogen-bond acceptors (Lipinski definition) is 5. The Balaban J connectivity index is 2.09. The molecule has 1 heterocycles. The number of ether oxygens (including phenoxy) is 1. The van der Waals surface area contributed by atoms with Gasteiger partial charge in [0.1, 0.15) is 5.69 Å². The van der Waals surface area contributed by atoms with Crippen LogP contribution in [0.3, 0.4) is 0 Å². The molecule has 0 spiro atoms. The number of carbonyl (C=O) groups excluding carboxylic acids is 1. The van der Waals surface area contributed by atoms with Crippen LogP contribution in [0.1, 0.15) is 22.5 Å². The molecule has 0 aliphatic carbocycles. The number of nitrogens with zero attached hydrogens (tertiary/aromatic N) is 2. The van der Waals surface area contributed by atoms with E-state index in [1.165, 1.54) is 30.5 Å². The smallest absolute Gasteiger partial charge is 0.385 e. The molecule has 0 saturated carbocycles. The van der Waals surface area contributed by atoms with Crippen LogP contribution in [0, 0.1) is 0 Å². The number of benzene rings is 1. The molecule has 0 bridgehead atoms. The molecule has 1 amide bonds. The second-order valence-electron chi connectivity index (χ2n) is 5.04. The third-order valence-electron chi connectivity index (χ3n) is 3.18. The Hall–Kier alpha value is -2.68. The lowest BCUT2D eigenvalue weighted by molar-refractivity contribution is -0.136. The van der Waals surface area contributed by atoms with Gasteiger partial charge in [-0.25, -0.2) is 9.97 Å². The van der Waals surface area contributed by atoms with Crippen molar-refractivity contribution in [3.05, 3.63) is 47.8 Å². The Labute approximate surface area is 142 Å². The first kappa shape index (κ1) is 18.7. The Morgan fingerprint density at radius 3 is 2.72 bits per heavy atom. The van der Waals surface area contributed by atoms with Gasteiger partial charge in [-0.15, -0.1) is 0 Å². The van der Waals surface area contributed by atoms with Crippen LogP contribution in [0.2, 0.25) is 0 Å². The average Bonchev–Trinajstić information content (AvgIpc) is 2.58. The zero-order chi connectivity index (χ0) is 18.3. The normalized spacial score (nSPS) is 11.2. The topological polar surface area (TPSA) is 76.1 Å². The second kappa shape index (κ2) is 8.43. The molecule has 25 heavy (non-hydrogen) atoms. The van der Waals surface area contributed by atoms with Crippen molar-refractivity contribution in [1.82, 2.24) is 9.97 Å². The Bertz CT molecular complexity index is 723. The third kappa shape index (κ3) is 5.42. The van der Waals surface area contributed by atoms with Crippen molar-refractivity contribution in [2.24, 2.45) is 0 Å². The maximum atomic E-state index is 13.0. The monoisotopic (exact) mass is 354 g/mol. The maximum Gasteiger partial charge on any atom is 0.418 e. The summed E-state index contributed by atoms with van der Waals surface area (Å²) in [4.78, 5) is 20.2. The summed E-state index contributed by atoms with van der Waals surface area (Å²) in [6.07, 6.45) is -2.49. The van der Waals surface area contributed by atoms with E-state index in [1.807, 2.05) is 0 Å². The summed E-state index contributed by atoms with van der Waals surface area (Å²) in [5.41, 5.74) is -1.29. The molecule has 0 unspecified atom stereocenters. The van der Waals surface area contributed by atoms with Crippen molar-refractivity contribution in [2.45, 2.75) is 12.6 Å². The van der Waals surface area contributed by atoms with Crippen LogP contribution in [0.25, 0.3) is 0 Å². The fraction of sp³-hybridized carbons (Fsp3) is 0.312. The quantitative estimate of drug-likeness (QED) is 0.747. The fourth-order valence-electron chi connectivity index (χ4n) is 2.01. The van der Waals surface area contributed by atoms with E-state index in [2.05, 4.69) is 20.6 Å². The zero-order valence-corrected chi connectivity index (χ0v) is 13.4. The van der Waals surface area contributed by atoms with Gasteiger partial charge in [0, 0.05) is 26.5 Å². The van der Waals surface area contributed by atoms with Gasteiger partial charge < -0.3 is 15.4 Å². The number of aromatic nitrogens is 2. The highest BCUT2D eigenvalue weighted by molar-refractivity contribution is 6.03. The first-order valence-electron chi connectivity index (χ1n) is 7.45. The van der Waals surface area contributed by atoms with Gasteiger partial charge in [-0.05, 0) is 24.6 Å². The van der Waals surface area contributed by atoms with Crippen molar-refractivity contribution in [3.63, 3.8) is 0 Å². The summed E-state index contributed by atoms with van der Waals surface area (Å²) in [6, 6.07) is 6.08. The Morgan fingerprint density at radius 2 is 2.00 bits per heavy atom. The van der Waals surface area contributed by atoms with E-state index in [0.29, 0.717) is 13.2 Å². The third-order valence-corrected chi connectivity index (χ3v) is 3.18. The molecule has 0 aliphatic rings. The summed E-state index contributed by atoms with van der Waals surface area (Å²) in [5.74, 6) is -0.535. The molecule has 0 fully saturated rings. The molecule has 0 atom stereocenters. The maximum absolute atomic E-state index is 13.0. The fourth-order valence-corrected chi connectivity index (χ4v) is 2.01. The molecule has 2 aromatic rings. The number of anilines is 2. The van der Waals surface area contributed by atoms with Gasteiger partial charge >= 0.3 is 6.18 Å². The van der Waals surface area contributed by atoms with Crippen LogP contribution in [0.4, 0.5) is 24.8 Å². The van der Waals surface area contributed by atoms with E-state index in [0.717, 1.165) is 12.5 Å². The molecule has 2 rings (SSSR count). The van der Waals surface area contributed by atoms with Crippen LogP contribution < -0.4 is 10.6 Å². The van der Waals surface area contributed by atoms with E-state index < -0.39 is 17.6 Å². The molecule has 1 aromatic heterocycles. The number of para-hydroxylation sites is 1. The summed E-state index contributed by atoms with van der Waals surface area (Å²) >= 11 is 0. The highest BCUT2D eigenvalue weighted by Crippen LogP contribution is 2.34.